The summed E-state index contributed by atoms with van der Waals surface area (Å²) < 4.78 is 0. The first kappa shape index (κ1) is 9.14. The van der Waals surface area contributed by atoms with Gasteiger partial charge in [-0.1, -0.05) is 0 Å². The number of urea groups is 1. The summed E-state index contributed by atoms with van der Waals surface area (Å²) in [5.41, 5.74) is 0. The maximum absolute atomic E-state index is 11.1. The van der Waals surface area contributed by atoms with Gasteiger partial charge in [0.2, 0.25) is 5.91 Å². The number of carbonyl (C=O) groups is 2. The molecule has 0 unspecified atom stereocenters. The van der Waals surface area contributed by atoms with Crippen molar-refractivity contribution < 1.29 is 9.59 Å². The molecule has 0 aromatic carbocycles. The second-order valence-corrected chi connectivity index (χ2v) is 3.93. The molecule has 0 bridgehead atoms. The van der Waals surface area contributed by atoms with Crippen LogP contribution in [0.3, 0.4) is 0 Å². The predicted molar refractivity (Wildman–Crippen MR) is 50.9 cm³/mol. The van der Waals surface area contributed by atoms with Gasteiger partial charge in [0.1, 0.15) is 6.54 Å². The van der Waals surface area contributed by atoms with Gasteiger partial charge in [-0.25, -0.2) is 9.78 Å². The van der Waals surface area contributed by atoms with Crippen LogP contribution in [0.5, 0.6) is 0 Å². The minimum atomic E-state index is -0.299. The van der Waals surface area contributed by atoms with Crippen LogP contribution in [0.25, 0.3) is 0 Å². The van der Waals surface area contributed by atoms with Crippen molar-refractivity contribution in [1.82, 2.24) is 15.2 Å². The first-order valence-electron chi connectivity index (χ1n) is 4.23. The van der Waals surface area contributed by atoms with E-state index in [-0.39, 0.29) is 18.5 Å². The summed E-state index contributed by atoms with van der Waals surface area (Å²) in [5, 5.41) is 5.10. The smallest absolute Gasteiger partial charge is 0.315 e. The minimum Gasteiger partial charge on any atom is -0.315 e. The van der Waals surface area contributed by atoms with Gasteiger partial charge < -0.3 is 4.90 Å². The predicted octanol–water partition coefficient (Wildman–Crippen LogP) is 0.237. The van der Waals surface area contributed by atoms with Gasteiger partial charge in [0.05, 0.1) is 5.01 Å². The number of imide groups is 1. The topological polar surface area (TPSA) is 62.3 Å². The second kappa shape index (κ2) is 3.75. The Hall–Kier alpha value is -1.43. The number of thiazole rings is 1. The van der Waals surface area contributed by atoms with Crippen molar-refractivity contribution in [3.05, 3.63) is 16.6 Å². The Bertz CT molecular complexity index is 349. The molecular formula is C8H9N3O2S. The van der Waals surface area contributed by atoms with Crippen LogP contribution in [0.2, 0.25) is 0 Å². The molecule has 0 radical (unpaired) electrons. The molecule has 2 heterocycles. The largest absolute Gasteiger partial charge is 0.324 e. The van der Waals surface area contributed by atoms with Crippen molar-refractivity contribution in [2.24, 2.45) is 0 Å². The van der Waals surface area contributed by atoms with E-state index in [0.717, 1.165) is 5.01 Å². The van der Waals surface area contributed by atoms with Crippen LogP contribution < -0.4 is 5.32 Å². The lowest BCUT2D eigenvalue weighted by Crippen LogP contribution is -2.30. The quantitative estimate of drug-likeness (QED) is 0.728. The van der Waals surface area contributed by atoms with Gasteiger partial charge in [-0.05, 0) is 0 Å². The van der Waals surface area contributed by atoms with Gasteiger partial charge in [-0.2, -0.15) is 0 Å². The highest BCUT2D eigenvalue weighted by molar-refractivity contribution is 7.09. The number of nitrogens with one attached hydrogen (secondary N) is 1. The zero-order valence-electron chi connectivity index (χ0n) is 7.40. The third kappa shape index (κ3) is 1.90. The second-order valence-electron chi connectivity index (χ2n) is 2.95. The van der Waals surface area contributed by atoms with Gasteiger partial charge >= 0.3 is 6.03 Å². The number of amides is 3. The third-order valence-electron chi connectivity index (χ3n) is 1.95. The molecule has 0 aliphatic carbocycles. The molecule has 1 N–H and O–H groups in total. The summed E-state index contributed by atoms with van der Waals surface area (Å²) >= 11 is 1.55. The molecule has 6 heteroatoms. The molecule has 1 saturated heterocycles. The lowest BCUT2D eigenvalue weighted by molar-refractivity contribution is -0.118. The number of aromatic nitrogens is 1. The third-order valence-corrected chi connectivity index (χ3v) is 2.79. The molecule has 1 aromatic heterocycles. The summed E-state index contributed by atoms with van der Waals surface area (Å²) in [6, 6.07) is -0.299. The number of nitrogens with zero attached hydrogens (tertiary/aromatic N) is 2. The Morgan fingerprint density at radius 2 is 2.43 bits per heavy atom. The number of rotatable bonds is 3. The molecule has 1 aliphatic heterocycles. The van der Waals surface area contributed by atoms with E-state index in [1.54, 1.807) is 17.5 Å². The van der Waals surface area contributed by atoms with Crippen molar-refractivity contribution in [2.45, 2.75) is 6.42 Å². The van der Waals surface area contributed by atoms with E-state index in [2.05, 4.69) is 10.3 Å². The van der Waals surface area contributed by atoms with E-state index in [1.807, 2.05) is 5.38 Å². The number of hydrogen-bond donors (Lipinski definition) is 1. The Balaban J connectivity index is 1.87. The average Bonchev–Trinajstić information content (AvgIpc) is 2.72. The lowest BCUT2D eigenvalue weighted by atomic mass is 10.4. The van der Waals surface area contributed by atoms with E-state index in [9.17, 15) is 9.59 Å². The van der Waals surface area contributed by atoms with Gasteiger partial charge in [-0.15, -0.1) is 11.3 Å². The molecule has 0 spiro atoms. The Morgan fingerprint density at radius 3 is 3.00 bits per heavy atom. The maximum atomic E-state index is 11.1. The minimum absolute atomic E-state index is 0.171. The fraction of sp³-hybridized carbons (Fsp3) is 0.375. The van der Waals surface area contributed by atoms with Gasteiger partial charge in [0.25, 0.3) is 0 Å². The molecule has 5 nitrogen and oxygen atoms in total. The fourth-order valence-electron chi connectivity index (χ4n) is 1.27. The van der Waals surface area contributed by atoms with Crippen LogP contribution >= 0.6 is 11.3 Å². The van der Waals surface area contributed by atoms with Crippen LogP contribution in [0.15, 0.2) is 11.6 Å². The van der Waals surface area contributed by atoms with Crippen LogP contribution in [0.4, 0.5) is 4.79 Å². The highest BCUT2D eigenvalue weighted by Crippen LogP contribution is 2.07. The Labute approximate surface area is 84.7 Å². The zero-order valence-corrected chi connectivity index (χ0v) is 8.21. The van der Waals surface area contributed by atoms with Gasteiger partial charge in [-0.3, -0.25) is 10.1 Å². The SMILES string of the molecule is O=C1CN(CCc2nccs2)C(=O)N1. The van der Waals surface area contributed by atoms with E-state index in [1.165, 1.54) is 4.90 Å². The van der Waals surface area contributed by atoms with Gasteiger partial charge in [0, 0.05) is 24.5 Å². The zero-order chi connectivity index (χ0) is 9.97. The molecule has 0 atom stereocenters. The van der Waals surface area contributed by atoms with E-state index in [0.29, 0.717) is 13.0 Å². The van der Waals surface area contributed by atoms with E-state index in [4.69, 9.17) is 0 Å². The van der Waals surface area contributed by atoms with E-state index >= 15 is 0 Å². The molecule has 74 valence electrons. The standard InChI is InChI=1S/C8H9N3O2S/c12-6-5-11(8(13)10-6)3-1-7-9-2-4-14-7/h2,4H,1,3,5H2,(H,10,12,13). The van der Waals surface area contributed by atoms with Crippen LogP contribution in [0, 0.1) is 0 Å². The highest BCUT2D eigenvalue weighted by Gasteiger charge is 2.25. The first-order chi connectivity index (χ1) is 6.75. The fourth-order valence-corrected chi connectivity index (χ4v) is 1.88. The van der Waals surface area contributed by atoms with Crippen molar-refractivity contribution in [3.63, 3.8) is 0 Å². The molecule has 1 aliphatic rings. The average molecular weight is 211 g/mol. The van der Waals surface area contributed by atoms with Crippen molar-refractivity contribution >= 4 is 23.3 Å². The summed E-state index contributed by atoms with van der Waals surface area (Å²) in [6.45, 7) is 0.718. The van der Waals surface area contributed by atoms with Crippen molar-refractivity contribution in [2.75, 3.05) is 13.1 Å². The summed E-state index contributed by atoms with van der Waals surface area (Å²) in [4.78, 5) is 27.5. The molecule has 1 aromatic rings. The number of carbonyl (C=O) groups excluding carboxylic acids is 2. The Kier molecular flexibility index (Phi) is 2.45. The molecular weight excluding hydrogens is 202 g/mol. The van der Waals surface area contributed by atoms with Crippen LogP contribution in [0.1, 0.15) is 5.01 Å². The molecule has 2 rings (SSSR count). The molecule has 0 saturated carbocycles. The summed E-state index contributed by atoms with van der Waals surface area (Å²) in [7, 11) is 0. The highest BCUT2D eigenvalue weighted by atomic mass is 32.1. The molecule has 1 fully saturated rings. The summed E-state index contributed by atoms with van der Waals surface area (Å²) in [5.74, 6) is -0.228. The van der Waals surface area contributed by atoms with Gasteiger partial charge in [0.15, 0.2) is 0 Å². The van der Waals surface area contributed by atoms with Crippen LogP contribution in [-0.4, -0.2) is 34.9 Å². The Morgan fingerprint density at radius 1 is 1.57 bits per heavy atom. The lowest BCUT2D eigenvalue weighted by Gasteiger charge is -2.10. The normalized spacial score (nSPS) is 16.1. The molecule has 14 heavy (non-hydrogen) atoms. The van der Waals surface area contributed by atoms with E-state index < -0.39 is 0 Å². The van der Waals surface area contributed by atoms with Crippen molar-refractivity contribution in [1.29, 1.82) is 0 Å². The summed E-state index contributed by atoms with van der Waals surface area (Å²) in [6.07, 6.45) is 2.44. The monoisotopic (exact) mass is 211 g/mol. The maximum Gasteiger partial charge on any atom is 0.324 e. The molecule has 3 amide bonds. The van der Waals surface area contributed by atoms with Crippen LogP contribution in [-0.2, 0) is 11.2 Å². The number of hydrogen-bond acceptors (Lipinski definition) is 4. The van der Waals surface area contributed by atoms with Crippen molar-refractivity contribution in [3.8, 4) is 0 Å². The first-order valence-corrected chi connectivity index (χ1v) is 5.11.